The fourth-order valence-electron chi connectivity index (χ4n) is 1.47. The summed E-state index contributed by atoms with van der Waals surface area (Å²) >= 11 is 0. The first-order valence-electron chi connectivity index (χ1n) is 4.75. The molecule has 0 heterocycles. The van der Waals surface area contributed by atoms with Gasteiger partial charge >= 0.3 is 0 Å². The smallest absolute Gasteiger partial charge is 0.0302 e. The lowest BCUT2D eigenvalue weighted by atomic mass is 9.71. The molecule has 0 spiro atoms. The summed E-state index contributed by atoms with van der Waals surface area (Å²) in [7, 11) is 0. The maximum atomic E-state index is 6.07. The standard InChI is InChI=1S/C11H23N/c1-7-9(4)11(5,6)10(12)8(2)3/h9-10H,2,7,12H2,1,3-6H3. The monoisotopic (exact) mass is 169 g/mol. The fourth-order valence-corrected chi connectivity index (χ4v) is 1.47. The summed E-state index contributed by atoms with van der Waals surface area (Å²) in [6.07, 6.45) is 1.17. The van der Waals surface area contributed by atoms with Crippen molar-refractivity contribution in [3.05, 3.63) is 12.2 Å². The Balaban J connectivity index is 4.48. The third-order valence-electron chi connectivity index (χ3n) is 3.21. The molecule has 2 N–H and O–H groups in total. The number of rotatable bonds is 4. The summed E-state index contributed by atoms with van der Waals surface area (Å²) in [5.74, 6) is 0.643. The molecule has 2 atom stereocenters. The molecule has 72 valence electrons. The quantitative estimate of drug-likeness (QED) is 0.643. The second kappa shape index (κ2) is 4.08. The molecule has 0 amide bonds. The van der Waals surface area contributed by atoms with Gasteiger partial charge in [0.25, 0.3) is 0 Å². The third-order valence-corrected chi connectivity index (χ3v) is 3.21. The van der Waals surface area contributed by atoms with E-state index in [1.165, 1.54) is 6.42 Å². The molecule has 0 aromatic carbocycles. The van der Waals surface area contributed by atoms with Gasteiger partial charge in [0, 0.05) is 6.04 Å². The number of nitrogens with two attached hydrogens (primary N) is 1. The van der Waals surface area contributed by atoms with Crippen molar-refractivity contribution in [2.24, 2.45) is 17.1 Å². The Kier molecular flexibility index (Phi) is 3.98. The van der Waals surface area contributed by atoms with Crippen LogP contribution in [0.25, 0.3) is 0 Å². The van der Waals surface area contributed by atoms with Gasteiger partial charge < -0.3 is 5.73 Å². The zero-order valence-corrected chi connectivity index (χ0v) is 9.15. The van der Waals surface area contributed by atoms with Gasteiger partial charge in [0.15, 0.2) is 0 Å². The van der Waals surface area contributed by atoms with E-state index in [-0.39, 0.29) is 11.5 Å². The molecule has 0 saturated carbocycles. The van der Waals surface area contributed by atoms with Gasteiger partial charge in [-0.15, -0.1) is 0 Å². The molecule has 0 aliphatic rings. The highest BCUT2D eigenvalue weighted by molar-refractivity contribution is 5.07. The largest absolute Gasteiger partial charge is 0.324 e. The Morgan fingerprint density at radius 1 is 1.50 bits per heavy atom. The van der Waals surface area contributed by atoms with E-state index in [4.69, 9.17) is 5.73 Å². The molecule has 0 radical (unpaired) electrons. The number of hydrogen-bond acceptors (Lipinski definition) is 1. The van der Waals surface area contributed by atoms with Crippen molar-refractivity contribution in [2.45, 2.75) is 47.1 Å². The van der Waals surface area contributed by atoms with E-state index in [9.17, 15) is 0 Å². The summed E-state index contributed by atoms with van der Waals surface area (Å²) in [6.45, 7) is 14.8. The molecule has 0 saturated heterocycles. The van der Waals surface area contributed by atoms with Crippen molar-refractivity contribution in [3.63, 3.8) is 0 Å². The molecule has 0 fully saturated rings. The Morgan fingerprint density at radius 2 is 1.92 bits per heavy atom. The molecule has 1 heteroatoms. The summed E-state index contributed by atoms with van der Waals surface area (Å²) < 4.78 is 0. The number of hydrogen-bond donors (Lipinski definition) is 1. The van der Waals surface area contributed by atoms with Gasteiger partial charge in [-0.1, -0.05) is 46.3 Å². The van der Waals surface area contributed by atoms with Gasteiger partial charge in [0.1, 0.15) is 0 Å². The lowest BCUT2D eigenvalue weighted by Crippen LogP contribution is -2.42. The van der Waals surface area contributed by atoms with Gasteiger partial charge in [-0.2, -0.15) is 0 Å². The molecular weight excluding hydrogens is 146 g/mol. The van der Waals surface area contributed by atoms with Gasteiger partial charge in [-0.3, -0.25) is 0 Å². The van der Waals surface area contributed by atoms with Crippen LogP contribution in [0, 0.1) is 11.3 Å². The summed E-state index contributed by atoms with van der Waals surface area (Å²) in [6, 6.07) is 0.118. The van der Waals surface area contributed by atoms with Crippen LogP contribution >= 0.6 is 0 Å². The van der Waals surface area contributed by atoms with E-state index in [0.717, 1.165) is 5.57 Å². The minimum atomic E-state index is 0.118. The van der Waals surface area contributed by atoms with E-state index < -0.39 is 0 Å². The predicted molar refractivity (Wildman–Crippen MR) is 56.0 cm³/mol. The maximum absolute atomic E-state index is 6.07. The molecular formula is C11H23N. The third kappa shape index (κ3) is 2.34. The maximum Gasteiger partial charge on any atom is 0.0302 e. The van der Waals surface area contributed by atoms with Gasteiger partial charge in [-0.25, -0.2) is 0 Å². The van der Waals surface area contributed by atoms with Gasteiger partial charge in [0.05, 0.1) is 0 Å². The minimum absolute atomic E-state index is 0.118. The van der Waals surface area contributed by atoms with Crippen molar-refractivity contribution < 1.29 is 0 Å². The van der Waals surface area contributed by atoms with Crippen LogP contribution in [-0.2, 0) is 0 Å². The van der Waals surface area contributed by atoms with Crippen molar-refractivity contribution in [3.8, 4) is 0 Å². The van der Waals surface area contributed by atoms with E-state index >= 15 is 0 Å². The Labute approximate surface area is 77.0 Å². The zero-order chi connectivity index (χ0) is 9.94. The normalized spacial score (nSPS) is 17.2. The molecule has 0 aliphatic carbocycles. The summed E-state index contributed by atoms with van der Waals surface area (Å²) in [5.41, 5.74) is 7.32. The Bertz CT molecular complexity index is 158. The van der Waals surface area contributed by atoms with Crippen LogP contribution in [0.15, 0.2) is 12.2 Å². The molecule has 12 heavy (non-hydrogen) atoms. The average molecular weight is 169 g/mol. The van der Waals surface area contributed by atoms with Crippen molar-refractivity contribution in [2.75, 3.05) is 0 Å². The van der Waals surface area contributed by atoms with Crippen LogP contribution in [0.4, 0.5) is 0 Å². The van der Waals surface area contributed by atoms with Crippen molar-refractivity contribution in [1.82, 2.24) is 0 Å². The van der Waals surface area contributed by atoms with Gasteiger partial charge in [0.2, 0.25) is 0 Å². The molecule has 2 unspecified atom stereocenters. The molecule has 0 rings (SSSR count). The summed E-state index contributed by atoms with van der Waals surface area (Å²) in [5, 5.41) is 0. The van der Waals surface area contributed by atoms with Crippen molar-refractivity contribution in [1.29, 1.82) is 0 Å². The Morgan fingerprint density at radius 3 is 2.17 bits per heavy atom. The highest BCUT2D eigenvalue weighted by Crippen LogP contribution is 2.33. The average Bonchev–Trinajstić information content (AvgIpc) is 2.01. The van der Waals surface area contributed by atoms with E-state index in [1.807, 2.05) is 6.92 Å². The zero-order valence-electron chi connectivity index (χ0n) is 9.15. The van der Waals surface area contributed by atoms with Crippen LogP contribution in [0.1, 0.15) is 41.0 Å². The first-order chi connectivity index (χ1) is 5.34. The predicted octanol–water partition coefficient (Wildman–Crippen LogP) is 2.96. The van der Waals surface area contributed by atoms with E-state index in [0.29, 0.717) is 5.92 Å². The molecule has 0 aromatic rings. The highest BCUT2D eigenvalue weighted by atomic mass is 14.7. The SMILES string of the molecule is C=C(C)C(N)C(C)(C)C(C)CC. The lowest BCUT2D eigenvalue weighted by molar-refractivity contribution is 0.193. The van der Waals surface area contributed by atoms with Crippen LogP contribution in [0.3, 0.4) is 0 Å². The van der Waals surface area contributed by atoms with E-state index in [1.54, 1.807) is 0 Å². The van der Waals surface area contributed by atoms with E-state index in [2.05, 4.69) is 34.3 Å². The van der Waals surface area contributed by atoms with Gasteiger partial charge in [-0.05, 0) is 18.3 Å². The Hall–Kier alpha value is -0.300. The molecule has 0 aliphatic heterocycles. The molecule has 0 bridgehead atoms. The lowest BCUT2D eigenvalue weighted by Gasteiger charge is -2.37. The summed E-state index contributed by atoms with van der Waals surface area (Å²) in [4.78, 5) is 0. The fraction of sp³-hybridized carbons (Fsp3) is 0.818. The first-order valence-corrected chi connectivity index (χ1v) is 4.75. The highest BCUT2D eigenvalue weighted by Gasteiger charge is 2.31. The second-order valence-corrected chi connectivity index (χ2v) is 4.45. The second-order valence-electron chi connectivity index (χ2n) is 4.45. The molecule has 0 aromatic heterocycles. The van der Waals surface area contributed by atoms with Crippen LogP contribution in [-0.4, -0.2) is 6.04 Å². The topological polar surface area (TPSA) is 26.0 Å². The van der Waals surface area contributed by atoms with Crippen LogP contribution < -0.4 is 5.73 Å². The van der Waals surface area contributed by atoms with Crippen molar-refractivity contribution >= 4 is 0 Å². The minimum Gasteiger partial charge on any atom is -0.324 e. The van der Waals surface area contributed by atoms with Crippen LogP contribution in [0.2, 0.25) is 0 Å². The first kappa shape index (κ1) is 11.7. The van der Waals surface area contributed by atoms with Crippen LogP contribution in [0.5, 0.6) is 0 Å². The molecule has 1 nitrogen and oxygen atoms in total.